The van der Waals surface area contributed by atoms with Crippen molar-refractivity contribution in [2.45, 2.75) is 25.7 Å². The fourth-order valence-electron chi connectivity index (χ4n) is 2.21. The maximum Gasteiger partial charge on any atom is 0.119 e. The van der Waals surface area contributed by atoms with E-state index in [1.807, 2.05) is 30.3 Å². The summed E-state index contributed by atoms with van der Waals surface area (Å²) >= 11 is 0. The summed E-state index contributed by atoms with van der Waals surface area (Å²) in [4.78, 5) is 4.39. The molecule has 0 aliphatic heterocycles. The van der Waals surface area contributed by atoms with Crippen LogP contribution < -0.4 is 10.5 Å². The number of hydrogen-bond acceptors (Lipinski definition) is 2. The van der Waals surface area contributed by atoms with E-state index in [1.54, 1.807) is 0 Å². The van der Waals surface area contributed by atoms with Gasteiger partial charge in [0.2, 0.25) is 0 Å². The highest BCUT2D eigenvalue weighted by atomic mass is 16.5. The third kappa shape index (κ3) is 3.77. The highest BCUT2D eigenvalue weighted by Gasteiger charge is 2.17. The second kappa shape index (κ2) is 6.28. The smallest absolute Gasteiger partial charge is 0.119 e. The minimum atomic E-state index is 0.520. The standard InChI is InChI=1S/C14H20N2O/c15-14(12-6-4-5-7-12)16-10-11-17-13-8-2-1-3-9-13/h1-3,8-9,12H,4-7,10-11H2,(H2,15,16). The summed E-state index contributed by atoms with van der Waals surface area (Å²) in [5.74, 6) is 2.23. The van der Waals surface area contributed by atoms with Crippen molar-refractivity contribution in [2.24, 2.45) is 16.6 Å². The fourth-order valence-corrected chi connectivity index (χ4v) is 2.21. The van der Waals surface area contributed by atoms with Crippen molar-refractivity contribution < 1.29 is 4.74 Å². The summed E-state index contributed by atoms with van der Waals surface area (Å²) in [7, 11) is 0. The zero-order valence-corrected chi connectivity index (χ0v) is 10.1. The lowest BCUT2D eigenvalue weighted by Crippen LogP contribution is -2.22. The predicted octanol–water partition coefficient (Wildman–Crippen LogP) is 2.61. The minimum Gasteiger partial charge on any atom is -0.492 e. The third-order valence-electron chi connectivity index (χ3n) is 3.17. The molecule has 0 atom stereocenters. The van der Waals surface area contributed by atoms with E-state index in [1.165, 1.54) is 25.7 Å². The molecule has 0 unspecified atom stereocenters. The molecule has 17 heavy (non-hydrogen) atoms. The predicted molar refractivity (Wildman–Crippen MR) is 70.4 cm³/mol. The van der Waals surface area contributed by atoms with Crippen molar-refractivity contribution in [2.75, 3.05) is 13.2 Å². The van der Waals surface area contributed by atoms with E-state index in [0.29, 0.717) is 19.1 Å². The van der Waals surface area contributed by atoms with Gasteiger partial charge in [-0.25, -0.2) is 0 Å². The number of hydrogen-bond donors (Lipinski definition) is 1. The number of nitrogens with zero attached hydrogens (tertiary/aromatic N) is 1. The molecule has 92 valence electrons. The zero-order valence-electron chi connectivity index (χ0n) is 10.1. The Morgan fingerprint density at radius 2 is 1.94 bits per heavy atom. The first-order valence-electron chi connectivity index (χ1n) is 6.34. The molecule has 2 N–H and O–H groups in total. The summed E-state index contributed by atoms with van der Waals surface area (Å²) in [6.07, 6.45) is 4.99. The van der Waals surface area contributed by atoms with Crippen LogP contribution in [0.3, 0.4) is 0 Å². The lowest BCUT2D eigenvalue weighted by molar-refractivity contribution is 0.328. The fraction of sp³-hybridized carbons (Fsp3) is 0.500. The van der Waals surface area contributed by atoms with Gasteiger partial charge in [-0.3, -0.25) is 4.99 Å². The first-order valence-corrected chi connectivity index (χ1v) is 6.34. The Balaban J connectivity index is 1.70. The maximum absolute atomic E-state index is 5.95. The number of nitrogens with two attached hydrogens (primary N) is 1. The zero-order chi connectivity index (χ0) is 11.9. The molecule has 2 rings (SSSR count). The van der Waals surface area contributed by atoms with E-state index in [4.69, 9.17) is 10.5 Å². The summed E-state index contributed by atoms with van der Waals surface area (Å²) in [6.45, 7) is 1.24. The summed E-state index contributed by atoms with van der Waals surface area (Å²) < 4.78 is 5.56. The van der Waals surface area contributed by atoms with Crippen LogP contribution in [0.1, 0.15) is 25.7 Å². The Labute approximate surface area is 103 Å². The van der Waals surface area contributed by atoms with Crippen LogP contribution in [0.25, 0.3) is 0 Å². The second-order valence-corrected chi connectivity index (χ2v) is 4.45. The molecular weight excluding hydrogens is 212 g/mol. The number of aliphatic imine (C=N–C) groups is 1. The average molecular weight is 232 g/mol. The van der Waals surface area contributed by atoms with Crippen molar-refractivity contribution in [3.63, 3.8) is 0 Å². The Hall–Kier alpha value is -1.51. The molecule has 0 aromatic heterocycles. The van der Waals surface area contributed by atoms with E-state index in [-0.39, 0.29) is 0 Å². The highest BCUT2D eigenvalue weighted by molar-refractivity contribution is 5.83. The molecule has 1 aromatic carbocycles. The van der Waals surface area contributed by atoms with Crippen molar-refractivity contribution >= 4 is 5.84 Å². The van der Waals surface area contributed by atoms with Gasteiger partial charge in [0.25, 0.3) is 0 Å². The monoisotopic (exact) mass is 232 g/mol. The Bertz CT molecular complexity index is 356. The molecule has 3 nitrogen and oxygen atoms in total. The molecule has 0 amide bonds. The van der Waals surface area contributed by atoms with Crippen LogP contribution in [0.15, 0.2) is 35.3 Å². The Morgan fingerprint density at radius 3 is 2.65 bits per heavy atom. The maximum atomic E-state index is 5.95. The molecule has 1 aromatic rings. The van der Waals surface area contributed by atoms with Crippen LogP contribution in [0.2, 0.25) is 0 Å². The quantitative estimate of drug-likeness (QED) is 0.482. The van der Waals surface area contributed by atoms with E-state index < -0.39 is 0 Å². The molecule has 0 spiro atoms. The number of ether oxygens (including phenoxy) is 1. The Kier molecular flexibility index (Phi) is 4.42. The van der Waals surface area contributed by atoms with Gasteiger partial charge in [-0.2, -0.15) is 0 Å². The molecule has 1 fully saturated rings. The number of benzene rings is 1. The summed E-state index contributed by atoms with van der Waals surface area (Å²) in [6, 6.07) is 9.80. The molecule has 0 radical (unpaired) electrons. The topological polar surface area (TPSA) is 47.6 Å². The van der Waals surface area contributed by atoms with Gasteiger partial charge in [0.1, 0.15) is 12.4 Å². The van der Waals surface area contributed by atoms with Crippen molar-refractivity contribution in [1.29, 1.82) is 0 Å². The lowest BCUT2D eigenvalue weighted by Gasteiger charge is -2.08. The van der Waals surface area contributed by atoms with E-state index >= 15 is 0 Å². The van der Waals surface area contributed by atoms with Gasteiger partial charge in [0.05, 0.1) is 12.4 Å². The van der Waals surface area contributed by atoms with E-state index in [2.05, 4.69) is 4.99 Å². The molecule has 0 saturated heterocycles. The van der Waals surface area contributed by atoms with Crippen LogP contribution >= 0.6 is 0 Å². The number of rotatable bonds is 5. The third-order valence-corrected chi connectivity index (χ3v) is 3.17. The van der Waals surface area contributed by atoms with Crippen molar-refractivity contribution in [1.82, 2.24) is 0 Å². The van der Waals surface area contributed by atoms with Crippen LogP contribution in [0.5, 0.6) is 5.75 Å². The molecule has 1 aliphatic carbocycles. The summed E-state index contributed by atoms with van der Waals surface area (Å²) in [5, 5.41) is 0. The molecule has 0 bridgehead atoms. The number of amidine groups is 1. The largest absolute Gasteiger partial charge is 0.492 e. The van der Waals surface area contributed by atoms with Gasteiger partial charge in [-0.1, -0.05) is 31.0 Å². The Morgan fingerprint density at radius 1 is 1.24 bits per heavy atom. The molecular formula is C14H20N2O. The summed E-state index contributed by atoms with van der Waals surface area (Å²) in [5.41, 5.74) is 5.95. The number of para-hydroxylation sites is 1. The minimum absolute atomic E-state index is 0.520. The average Bonchev–Trinajstić information content (AvgIpc) is 2.89. The normalized spacial score (nSPS) is 17.3. The van der Waals surface area contributed by atoms with Crippen molar-refractivity contribution in [3.05, 3.63) is 30.3 Å². The van der Waals surface area contributed by atoms with Gasteiger partial charge in [-0.05, 0) is 25.0 Å². The van der Waals surface area contributed by atoms with Gasteiger partial charge >= 0.3 is 0 Å². The highest BCUT2D eigenvalue weighted by Crippen LogP contribution is 2.24. The van der Waals surface area contributed by atoms with Gasteiger partial charge in [0.15, 0.2) is 0 Å². The first kappa shape index (κ1) is 12.0. The van der Waals surface area contributed by atoms with Gasteiger partial charge in [-0.15, -0.1) is 0 Å². The van der Waals surface area contributed by atoms with Crippen LogP contribution in [0, 0.1) is 5.92 Å². The van der Waals surface area contributed by atoms with E-state index in [0.717, 1.165) is 11.6 Å². The molecule has 0 heterocycles. The molecule has 1 saturated carbocycles. The first-order chi connectivity index (χ1) is 8.36. The molecule has 1 aliphatic rings. The van der Waals surface area contributed by atoms with Gasteiger partial charge in [0, 0.05) is 5.92 Å². The lowest BCUT2D eigenvalue weighted by atomic mass is 10.1. The van der Waals surface area contributed by atoms with E-state index in [9.17, 15) is 0 Å². The van der Waals surface area contributed by atoms with Crippen LogP contribution in [-0.4, -0.2) is 19.0 Å². The SMILES string of the molecule is NC(=NCCOc1ccccc1)C1CCCC1. The van der Waals surface area contributed by atoms with Crippen LogP contribution in [-0.2, 0) is 0 Å². The second-order valence-electron chi connectivity index (χ2n) is 4.45. The van der Waals surface area contributed by atoms with Gasteiger partial charge < -0.3 is 10.5 Å². The van der Waals surface area contributed by atoms with Crippen molar-refractivity contribution in [3.8, 4) is 5.75 Å². The molecule has 3 heteroatoms. The van der Waals surface area contributed by atoms with Crippen LogP contribution in [0.4, 0.5) is 0 Å².